The molecule has 4 fully saturated rings. The van der Waals surface area contributed by atoms with Gasteiger partial charge in [0.15, 0.2) is 5.69 Å². The molecule has 4 aliphatic carbocycles. The second-order valence-electron chi connectivity index (χ2n) is 9.28. The highest BCUT2D eigenvalue weighted by Crippen LogP contribution is 2.53. The lowest BCUT2D eigenvalue weighted by atomic mass is 9.54. The zero-order valence-electron chi connectivity index (χ0n) is 17.3. The van der Waals surface area contributed by atoms with Gasteiger partial charge in [-0.2, -0.15) is 0 Å². The van der Waals surface area contributed by atoms with Crippen LogP contribution in [0.2, 0.25) is 0 Å². The minimum atomic E-state index is -0.112. The molecule has 4 bridgehead atoms. The molecule has 5 nitrogen and oxygen atoms in total. The van der Waals surface area contributed by atoms with Crippen molar-refractivity contribution in [3.8, 4) is 5.75 Å². The summed E-state index contributed by atoms with van der Waals surface area (Å²) in [4.78, 5) is 13.1. The first kappa shape index (κ1) is 18.7. The number of rotatable bonds is 6. The van der Waals surface area contributed by atoms with E-state index in [1.54, 1.807) is 0 Å². The number of aromatic nitrogens is 1. The van der Waals surface area contributed by atoms with Crippen molar-refractivity contribution >= 4 is 5.91 Å². The van der Waals surface area contributed by atoms with Crippen LogP contribution in [0.25, 0.3) is 0 Å². The normalized spacial score (nSPS) is 29.8. The fourth-order valence-corrected chi connectivity index (χ4v) is 6.10. The minimum Gasteiger partial charge on any atom is -0.489 e. The van der Waals surface area contributed by atoms with Gasteiger partial charge in [0.2, 0.25) is 0 Å². The number of hydrogen-bond donors (Lipinski definition) is 1. The number of amides is 1. The number of hydrogen-bond acceptors (Lipinski definition) is 4. The molecule has 29 heavy (non-hydrogen) atoms. The van der Waals surface area contributed by atoms with Gasteiger partial charge in [0.1, 0.15) is 18.1 Å². The van der Waals surface area contributed by atoms with E-state index in [-0.39, 0.29) is 12.5 Å². The Kier molecular flexibility index (Phi) is 4.84. The van der Waals surface area contributed by atoms with Gasteiger partial charge in [0.25, 0.3) is 5.91 Å². The fraction of sp³-hybridized carbons (Fsp3) is 0.583. The highest BCUT2D eigenvalue weighted by molar-refractivity contribution is 5.94. The zero-order chi connectivity index (χ0) is 20.0. The molecule has 5 heteroatoms. The monoisotopic (exact) mass is 394 g/mol. The number of carbonyl (C=O) groups is 1. The van der Waals surface area contributed by atoms with E-state index in [2.05, 4.69) is 29.5 Å². The highest BCUT2D eigenvalue weighted by atomic mass is 16.5. The third-order valence-corrected chi connectivity index (χ3v) is 7.44. The second kappa shape index (κ2) is 7.51. The second-order valence-corrected chi connectivity index (χ2v) is 9.28. The first-order chi connectivity index (χ1) is 14.1. The van der Waals surface area contributed by atoms with Crippen molar-refractivity contribution in [2.24, 2.45) is 23.7 Å². The number of nitrogens with zero attached hydrogens (tertiary/aromatic N) is 1. The molecule has 0 aliphatic heterocycles. The van der Waals surface area contributed by atoms with Crippen molar-refractivity contribution in [2.45, 2.75) is 65.0 Å². The van der Waals surface area contributed by atoms with Crippen LogP contribution in [-0.2, 0) is 13.0 Å². The molecule has 0 radical (unpaired) electrons. The maximum absolute atomic E-state index is 13.1. The summed E-state index contributed by atoms with van der Waals surface area (Å²) < 4.78 is 11.3. The molecule has 1 heterocycles. The van der Waals surface area contributed by atoms with Crippen LogP contribution >= 0.6 is 0 Å². The van der Waals surface area contributed by atoms with Crippen LogP contribution in [0.3, 0.4) is 0 Å². The molecular formula is C24H30N2O3. The topological polar surface area (TPSA) is 64.4 Å². The van der Waals surface area contributed by atoms with Crippen molar-refractivity contribution in [3.63, 3.8) is 0 Å². The van der Waals surface area contributed by atoms with Crippen LogP contribution in [-0.4, -0.2) is 17.1 Å². The summed E-state index contributed by atoms with van der Waals surface area (Å²) in [5, 5.41) is 7.40. The standard InChI is InChI=1S/C24H30N2O3/c1-3-15-4-6-20(7-5-15)28-13-21-14(2)29-26-23(21)24(27)25-22-18-9-16-8-17(11-18)12-19(22)10-16/h4-7,16-19,22H,3,8-13H2,1-2H3,(H,25,27). The van der Waals surface area contributed by atoms with Crippen molar-refractivity contribution in [3.05, 3.63) is 46.8 Å². The summed E-state index contributed by atoms with van der Waals surface area (Å²) in [5.74, 6) is 4.38. The molecule has 0 spiro atoms. The maximum atomic E-state index is 13.1. The summed E-state index contributed by atoms with van der Waals surface area (Å²) in [6.45, 7) is 4.25. The Morgan fingerprint density at radius 3 is 2.38 bits per heavy atom. The van der Waals surface area contributed by atoms with Gasteiger partial charge in [-0.1, -0.05) is 24.2 Å². The third-order valence-electron chi connectivity index (χ3n) is 7.44. The van der Waals surface area contributed by atoms with Crippen LogP contribution in [0, 0.1) is 30.6 Å². The Hall–Kier alpha value is -2.30. The predicted molar refractivity (Wildman–Crippen MR) is 110 cm³/mol. The van der Waals surface area contributed by atoms with Gasteiger partial charge < -0.3 is 14.6 Å². The van der Waals surface area contributed by atoms with Crippen LogP contribution in [0.4, 0.5) is 0 Å². The van der Waals surface area contributed by atoms with Gasteiger partial charge in [-0.3, -0.25) is 4.79 Å². The molecule has 6 rings (SSSR count). The summed E-state index contributed by atoms with van der Waals surface area (Å²) >= 11 is 0. The molecule has 4 aliphatic rings. The Balaban J connectivity index is 1.27. The van der Waals surface area contributed by atoms with E-state index in [4.69, 9.17) is 9.26 Å². The molecular weight excluding hydrogens is 364 g/mol. The SMILES string of the molecule is CCc1ccc(OCc2c(C(=O)NC3C4CC5CC(C4)CC3C5)noc2C)cc1. The molecule has 154 valence electrons. The lowest BCUT2D eigenvalue weighted by Gasteiger charge is -2.54. The Labute approximate surface area is 172 Å². The van der Waals surface area contributed by atoms with Gasteiger partial charge in [0, 0.05) is 6.04 Å². The van der Waals surface area contributed by atoms with Gasteiger partial charge in [0.05, 0.1) is 5.56 Å². The quantitative estimate of drug-likeness (QED) is 0.773. The summed E-state index contributed by atoms with van der Waals surface area (Å²) in [7, 11) is 0. The molecule has 4 saturated carbocycles. The Bertz CT molecular complexity index is 858. The highest BCUT2D eigenvalue weighted by Gasteiger charge is 2.48. The summed E-state index contributed by atoms with van der Waals surface area (Å²) in [5.41, 5.74) is 2.39. The first-order valence-corrected chi connectivity index (χ1v) is 11.1. The Morgan fingerprint density at radius 1 is 1.10 bits per heavy atom. The summed E-state index contributed by atoms with van der Waals surface area (Å²) in [6.07, 6.45) is 7.52. The Morgan fingerprint density at radius 2 is 1.76 bits per heavy atom. The van der Waals surface area contributed by atoms with Gasteiger partial charge in [-0.15, -0.1) is 0 Å². The number of nitrogens with one attached hydrogen (secondary N) is 1. The molecule has 1 N–H and O–H groups in total. The van der Waals surface area contributed by atoms with Crippen molar-refractivity contribution in [1.82, 2.24) is 10.5 Å². The smallest absolute Gasteiger partial charge is 0.274 e. The van der Waals surface area contributed by atoms with E-state index in [0.717, 1.165) is 29.6 Å². The van der Waals surface area contributed by atoms with E-state index >= 15 is 0 Å². The molecule has 2 aromatic rings. The average molecular weight is 395 g/mol. The van der Waals surface area contributed by atoms with Crippen LogP contribution < -0.4 is 10.1 Å². The fourth-order valence-electron chi connectivity index (χ4n) is 6.10. The number of ether oxygens (including phenoxy) is 1. The number of carbonyl (C=O) groups excluding carboxylic acids is 1. The predicted octanol–water partition coefficient (Wildman–Crippen LogP) is 4.68. The summed E-state index contributed by atoms with van der Waals surface area (Å²) in [6, 6.07) is 8.36. The third kappa shape index (κ3) is 3.56. The van der Waals surface area contributed by atoms with Crippen molar-refractivity contribution in [1.29, 1.82) is 0 Å². The molecule has 1 aromatic carbocycles. The molecule has 0 unspecified atom stereocenters. The molecule has 0 saturated heterocycles. The average Bonchev–Trinajstić information content (AvgIpc) is 3.09. The van der Waals surface area contributed by atoms with E-state index in [9.17, 15) is 4.79 Å². The van der Waals surface area contributed by atoms with Crippen molar-refractivity contribution in [2.75, 3.05) is 0 Å². The zero-order valence-corrected chi connectivity index (χ0v) is 17.3. The van der Waals surface area contributed by atoms with E-state index in [1.807, 2.05) is 19.1 Å². The largest absolute Gasteiger partial charge is 0.489 e. The van der Waals surface area contributed by atoms with Crippen LogP contribution in [0.5, 0.6) is 5.75 Å². The van der Waals surface area contributed by atoms with Gasteiger partial charge in [-0.25, -0.2) is 0 Å². The van der Waals surface area contributed by atoms with E-state index in [1.165, 1.54) is 37.7 Å². The first-order valence-electron chi connectivity index (χ1n) is 11.1. The van der Waals surface area contributed by atoms with E-state index in [0.29, 0.717) is 29.3 Å². The maximum Gasteiger partial charge on any atom is 0.274 e. The lowest BCUT2D eigenvalue weighted by molar-refractivity contribution is -0.0120. The minimum absolute atomic E-state index is 0.112. The number of aryl methyl sites for hydroxylation is 2. The van der Waals surface area contributed by atoms with E-state index < -0.39 is 0 Å². The molecule has 1 amide bonds. The molecule has 1 aromatic heterocycles. The van der Waals surface area contributed by atoms with Crippen LogP contribution in [0.1, 0.15) is 66.4 Å². The van der Waals surface area contributed by atoms with Gasteiger partial charge >= 0.3 is 0 Å². The lowest BCUT2D eigenvalue weighted by Crippen LogP contribution is -2.55. The van der Waals surface area contributed by atoms with Crippen LogP contribution in [0.15, 0.2) is 28.8 Å². The van der Waals surface area contributed by atoms with Gasteiger partial charge in [-0.05, 0) is 86.8 Å². The molecule has 0 atom stereocenters. The number of benzene rings is 1. The van der Waals surface area contributed by atoms with Crippen molar-refractivity contribution < 1.29 is 14.1 Å².